The van der Waals surface area contributed by atoms with Crippen LogP contribution in [0.4, 0.5) is 17.1 Å². The number of fused-ring (bicyclic) bond motifs is 4. The molecule has 1 aromatic heterocycles. The van der Waals surface area contributed by atoms with E-state index in [0.717, 1.165) is 17.1 Å². The van der Waals surface area contributed by atoms with Gasteiger partial charge in [-0.05, 0) is 120 Å². The van der Waals surface area contributed by atoms with Gasteiger partial charge >= 0.3 is 0 Å². The maximum Gasteiger partial charge on any atom is 0.0540 e. The van der Waals surface area contributed by atoms with Gasteiger partial charge in [0.25, 0.3) is 0 Å². The molecular weight excluding hydrogens is 791 g/mol. The lowest BCUT2D eigenvalue weighted by Gasteiger charge is -2.28. The van der Waals surface area contributed by atoms with Gasteiger partial charge < -0.3 is 4.90 Å². The Morgan fingerprint density at radius 2 is 0.750 bits per heavy atom. The number of rotatable bonds is 8. The number of hydrogen-bond donors (Lipinski definition) is 0. The summed E-state index contributed by atoms with van der Waals surface area (Å²) >= 11 is 1.89. The molecule has 0 spiro atoms. The first-order chi connectivity index (χ1) is 31.7. The number of anilines is 3. The van der Waals surface area contributed by atoms with Crippen LogP contribution in [0.15, 0.2) is 249 Å². The highest BCUT2D eigenvalue weighted by molar-refractivity contribution is 7.23. The van der Waals surface area contributed by atoms with Crippen molar-refractivity contribution in [2.45, 2.75) is 0 Å². The van der Waals surface area contributed by atoms with Crippen LogP contribution in [-0.2, 0) is 0 Å². The predicted molar refractivity (Wildman–Crippen MR) is 276 cm³/mol. The van der Waals surface area contributed by atoms with E-state index in [2.05, 4.69) is 254 Å². The second-order valence-electron chi connectivity index (χ2n) is 16.5. The Balaban J connectivity index is 1.00. The zero-order chi connectivity index (χ0) is 42.4. The normalized spacial score (nSPS) is 11.4. The molecule has 0 amide bonds. The summed E-state index contributed by atoms with van der Waals surface area (Å²) in [4.78, 5) is 3.70. The van der Waals surface area contributed by atoms with Gasteiger partial charge in [0.05, 0.1) is 5.69 Å². The van der Waals surface area contributed by atoms with Crippen molar-refractivity contribution in [3.05, 3.63) is 249 Å². The first kappa shape index (κ1) is 37.7. The number of thiophene rings is 1. The molecule has 0 aliphatic carbocycles. The molecule has 0 N–H and O–H groups in total. The molecule has 0 unspecified atom stereocenters. The number of hydrogen-bond acceptors (Lipinski definition) is 2. The van der Waals surface area contributed by atoms with Gasteiger partial charge in [0.15, 0.2) is 0 Å². The Kier molecular flexibility index (Phi) is 9.43. The van der Waals surface area contributed by atoms with Crippen molar-refractivity contribution in [1.29, 1.82) is 0 Å². The van der Waals surface area contributed by atoms with Crippen molar-refractivity contribution in [2.75, 3.05) is 4.90 Å². The number of benzene rings is 11. The molecule has 12 rings (SSSR count). The molecular formula is C62H41NS. The van der Waals surface area contributed by atoms with E-state index >= 15 is 0 Å². The van der Waals surface area contributed by atoms with Gasteiger partial charge in [0.1, 0.15) is 0 Å². The highest BCUT2D eigenvalue weighted by Crippen LogP contribution is 2.48. The van der Waals surface area contributed by atoms with E-state index in [4.69, 9.17) is 0 Å². The summed E-state index contributed by atoms with van der Waals surface area (Å²) < 4.78 is 1.27. The first-order valence-corrected chi connectivity index (χ1v) is 22.7. The fourth-order valence-electron chi connectivity index (χ4n) is 9.45. The van der Waals surface area contributed by atoms with E-state index in [9.17, 15) is 0 Å². The zero-order valence-electron chi connectivity index (χ0n) is 35.0. The third kappa shape index (κ3) is 6.82. The minimum atomic E-state index is 1.10. The van der Waals surface area contributed by atoms with Crippen LogP contribution in [0, 0.1) is 0 Å². The highest BCUT2D eigenvalue weighted by atomic mass is 32.1. The third-order valence-electron chi connectivity index (χ3n) is 12.7. The van der Waals surface area contributed by atoms with E-state index in [1.807, 2.05) is 11.3 Å². The fourth-order valence-corrected chi connectivity index (χ4v) is 10.7. The minimum Gasteiger partial charge on any atom is -0.310 e. The molecule has 2 heteroatoms. The predicted octanol–water partition coefficient (Wildman–Crippen LogP) is 18.2. The molecule has 0 aliphatic rings. The van der Waals surface area contributed by atoms with Crippen LogP contribution in [0.3, 0.4) is 0 Å². The van der Waals surface area contributed by atoms with Crippen molar-refractivity contribution in [3.63, 3.8) is 0 Å². The average Bonchev–Trinajstić information content (AvgIpc) is 3.76. The molecule has 0 bridgehead atoms. The molecule has 11 aromatic carbocycles. The zero-order valence-corrected chi connectivity index (χ0v) is 35.8. The van der Waals surface area contributed by atoms with Crippen LogP contribution in [0.5, 0.6) is 0 Å². The topological polar surface area (TPSA) is 3.24 Å². The van der Waals surface area contributed by atoms with Crippen molar-refractivity contribution in [2.24, 2.45) is 0 Å². The Labute approximate surface area is 377 Å². The largest absolute Gasteiger partial charge is 0.310 e. The van der Waals surface area contributed by atoms with Gasteiger partial charge in [-0.25, -0.2) is 0 Å². The number of nitrogens with zero attached hydrogens (tertiary/aromatic N) is 1. The van der Waals surface area contributed by atoms with Gasteiger partial charge in [-0.3, -0.25) is 0 Å². The fraction of sp³-hybridized carbons (Fsp3) is 0. The Morgan fingerprint density at radius 1 is 0.281 bits per heavy atom. The summed E-state index contributed by atoms with van der Waals surface area (Å²) in [6, 6.07) is 90.9. The van der Waals surface area contributed by atoms with Crippen LogP contribution in [0.25, 0.3) is 97.4 Å². The van der Waals surface area contributed by atoms with Crippen molar-refractivity contribution < 1.29 is 0 Å². The molecule has 12 aromatic rings. The molecule has 1 nitrogen and oxygen atoms in total. The van der Waals surface area contributed by atoms with Crippen LogP contribution in [0.1, 0.15) is 0 Å². The lowest BCUT2D eigenvalue weighted by molar-refractivity contribution is 1.30. The maximum atomic E-state index is 2.42. The Hall–Kier alpha value is -8.04. The van der Waals surface area contributed by atoms with E-state index in [1.54, 1.807) is 0 Å². The summed E-state index contributed by atoms with van der Waals surface area (Å²) in [6.45, 7) is 0. The molecule has 0 atom stereocenters. The van der Waals surface area contributed by atoms with Crippen LogP contribution in [0.2, 0.25) is 0 Å². The summed E-state index contributed by atoms with van der Waals surface area (Å²) in [7, 11) is 0. The molecule has 1 heterocycles. The van der Waals surface area contributed by atoms with Gasteiger partial charge in [-0.15, -0.1) is 11.3 Å². The van der Waals surface area contributed by atoms with Crippen LogP contribution < -0.4 is 4.90 Å². The standard InChI is InChI=1S/C62H41NS/c1-3-13-42(14-4-1)46-27-32-53(33-28-46)63(54-34-29-47(30-35-54)43-15-5-2-6-16-43)59-38-37-55(56-21-11-12-22-57(56)59)50-31-36-58-60(41-50)64-62(52-26-24-45-18-8-10-20-49(45)40-52)61(58)51-25-23-44-17-7-9-19-48(44)39-51/h1-41H. The van der Waals surface area contributed by atoms with Crippen molar-refractivity contribution in [1.82, 2.24) is 0 Å². The maximum absolute atomic E-state index is 2.42. The smallest absolute Gasteiger partial charge is 0.0540 e. The summed E-state index contributed by atoms with van der Waals surface area (Å²) in [5, 5.41) is 8.69. The van der Waals surface area contributed by atoms with Crippen LogP contribution in [-0.4, -0.2) is 0 Å². The monoisotopic (exact) mass is 831 g/mol. The van der Waals surface area contributed by atoms with Gasteiger partial charge in [0.2, 0.25) is 0 Å². The SMILES string of the molecule is c1ccc(-c2ccc(N(c3ccc(-c4ccccc4)cc3)c3ccc(-c4ccc5c(-c6ccc7ccccc7c6)c(-c6ccc7ccccc7c6)sc5c4)c4ccccc34)cc2)cc1. The van der Waals surface area contributed by atoms with E-state index < -0.39 is 0 Å². The van der Waals surface area contributed by atoms with Crippen molar-refractivity contribution in [3.8, 4) is 54.9 Å². The van der Waals surface area contributed by atoms with Gasteiger partial charge in [-0.2, -0.15) is 0 Å². The molecule has 0 fully saturated rings. The molecule has 0 aliphatic heterocycles. The minimum absolute atomic E-state index is 1.10. The molecule has 0 saturated carbocycles. The van der Waals surface area contributed by atoms with Crippen LogP contribution >= 0.6 is 11.3 Å². The first-order valence-electron chi connectivity index (χ1n) is 21.9. The second-order valence-corrected chi connectivity index (χ2v) is 17.5. The quantitative estimate of drug-likeness (QED) is 0.147. The third-order valence-corrected chi connectivity index (χ3v) is 13.9. The lowest BCUT2D eigenvalue weighted by Crippen LogP contribution is -2.10. The van der Waals surface area contributed by atoms with Crippen molar-refractivity contribution >= 4 is 70.8 Å². The molecule has 300 valence electrons. The summed E-state index contributed by atoms with van der Waals surface area (Å²) in [6.07, 6.45) is 0. The average molecular weight is 832 g/mol. The summed E-state index contributed by atoms with van der Waals surface area (Å²) in [5.41, 5.74) is 14.3. The summed E-state index contributed by atoms with van der Waals surface area (Å²) in [5.74, 6) is 0. The second kappa shape index (κ2) is 16.0. The Bertz CT molecular complexity index is 3560. The highest BCUT2D eigenvalue weighted by Gasteiger charge is 2.21. The van der Waals surface area contributed by atoms with Gasteiger partial charge in [-0.1, -0.05) is 200 Å². The molecule has 64 heavy (non-hydrogen) atoms. The Morgan fingerprint density at radius 3 is 1.36 bits per heavy atom. The van der Waals surface area contributed by atoms with E-state index in [1.165, 1.54) is 97.4 Å². The van der Waals surface area contributed by atoms with E-state index in [0.29, 0.717) is 0 Å². The van der Waals surface area contributed by atoms with Gasteiger partial charge in [0, 0.05) is 37.3 Å². The molecule has 0 saturated heterocycles. The molecule has 0 radical (unpaired) electrons. The lowest BCUT2D eigenvalue weighted by atomic mass is 9.93. The van der Waals surface area contributed by atoms with E-state index in [-0.39, 0.29) is 0 Å².